The van der Waals surface area contributed by atoms with Crippen LogP contribution in [0, 0.1) is 5.41 Å². The van der Waals surface area contributed by atoms with E-state index in [1.807, 2.05) is 6.07 Å². The molecule has 2 aromatic rings. The standard InChI is InChI=1S/C13H20N4O/c1-13(2,3)8-10(18)9-15-12-11-4-5-16-17(11)7-6-14-12/h4-7,10,18H,8-9H2,1-3H3,(H,14,15). The van der Waals surface area contributed by atoms with E-state index >= 15 is 0 Å². The Kier molecular flexibility index (Phi) is 3.52. The summed E-state index contributed by atoms with van der Waals surface area (Å²) >= 11 is 0. The lowest BCUT2D eigenvalue weighted by Crippen LogP contribution is -2.25. The topological polar surface area (TPSA) is 62.5 Å². The quantitative estimate of drug-likeness (QED) is 0.868. The number of anilines is 1. The van der Waals surface area contributed by atoms with E-state index in [2.05, 4.69) is 36.2 Å². The number of nitrogens with zero attached hydrogens (tertiary/aromatic N) is 3. The number of nitrogens with one attached hydrogen (secondary N) is 1. The summed E-state index contributed by atoms with van der Waals surface area (Å²) in [5, 5.41) is 17.3. The van der Waals surface area contributed by atoms with Crippen molar-refractivity contribution >= 4 is 11.3 Å². The summed E-state index contributed by atoms with van der Waals surface area (Å²) in [7, 11) is 0. The zero-order valence-electron chi connectivity index (χ0n) is 11.1. The van der Waals surface area contributed by atoms with Crippen LogP contribution in [-0.4, -0.2) is 32.4 Å². The maximum atomic E-state index is 9.96. The first-order valence-electron chi connectivity index (χ1n) is 6.16. The fourth-order valence-corrected chi connectivity index (χ4v) is 1.99. The number of hydrogen-bond donors (Lipinski definition) is 2. The van der Waals surface area contributed by atoms with Gasteiger partial charge in [0.05, 0.1) is 12.3 Å². The van der Waals surface area contributed by atoms with Crippen LogP contribution in [0.4, 0.5) is 5.82 Å². The highest BCUT2D eigenvalue weighted by molar-refractivity contribution is 5.66. The highest BCUT2D eigenvalue weighted by Gasteiger charge is 2.16. The van der Waals surface area contributed by atoms with E-state index in [0.717, 1.165) is 17.8 Å². The third-order valence-electron chi connectivity index (χ3n) is 2.68. The number of aliphatic hydroxyl groups excluding tert-OH is 1. The number of hydrogen-bond acceptors (Lipinski definition) is 4. The van der Waals surface area contributed by atoms with Gasteiger partial charge in [0.15, 0.2) is 5.82 Å². The van der Waals surface area contributed by atoms with Crippen molar-refractivity contribution in [3.63, 3.8) is 0 Å². The molecule has 0 aliphatic carbocycles. The predicted molar refractivity (Wildman–Crippen MR) is 71.6 cm³/mol. The van der Waals surface area contributed by atoms with E-state index in [9.17, 15) is 5.11 Å². The molecule has 0 fully saturated rings. The molecule has 1 unspecified atom stereocenters. The van der Waals surface area contributed by atoms with Crippen LogP contribution >= 0.6 is 0 Å². The van der Waals surface area contributed by atoms with Crippen LogP contribution in [0.5, 0.6) is 0 Å². The Hall–Kier alpha value is -1.62. The van der Waals surface area contributed by atoms with Crippen LogP contribution in [0.1, 0.15) is 27.2 Å². The van der Waals surface area contributed by atoms with Gasteiger partial charge in [0, 0.05) is 18.9 Å². The van der Waals surface area contributed by atoms with Gasteiger partial charge in [-0.1, -0.05) is 20.8 Å². The number of aliphatic hydroxyl groups is 1. The van der Waals surface area contributed by atoms with Gasteiger partial charge < -0.3 is 10.4 Å². The van der Waals surface area contributed by atoms with E-state index in [-0.39, 0.29) is 11.5 Å². The van der Waals surface area contributed by atoms with Crippen molar-refractivity contribution in [2.45, 2.75) is 33.3 Å². The van der Waals surface area contributed by atoms with Crippen molar-refractivity contribution in [2.75, 3.05) is 11.9 Å². The van der Waals surface area contributed by atoms with Crippen LogP contribution < -0.4 is 5.32 Å². The van der Waals surface area contributed by atoms with Gasteiger partial charge >= 0.3 is 0 Å². The maximum absolute atomic E-state index is 9.96. The van der Waals surface area contributed by atoms with Crippen LogP contribution in [-0.2, 0) is 0 Å². The second-order valence-corrected chi connectivity index (χ2v) is 5.74. The molecule has 2 heterocycles. The second kappa shape index (κ2) is 4.94. The third kappa shape index (κ3) is 3.20. The van der Waals surface area contributed by atoms with Crippen molar-refractivity contribution in [3.8, 4) is 0 Å². The normalized spacial score (nSPS) is 13.8. The van der Waals surface area contributed by atoms with Crippen molar-refractivity contribution in [1.82, 2.24) is 14.6 Å². The van der Waals surface area contributed by atoms with Crippen molar-refractivity contribution < 1.29 is 5.11 Å². The number of aromatic nitrogens is 3. The van der Waals surface area contributed by atoms with E-state index < -0.39 is 0 Å². The SMILES string of the molecule is CC(C)(C)CC(O)CNc1nccn2nccc12. The Balaban J connectivity index is 2.00. The fourth-order valence-electron chi connectivity index (χ4n) is 1.99. The van der Waals surface area contributed by atoms with Crippen LogP contribution in [0.25, 0.3) is 5.52 Å². The Labute approximate surface area is 107 Å². The molecule has 5 heteroatoms. The Bertz CT molecular complexity index is 515. The zero-order valence-corrected chi connectivity index (χ0v) is 11.1. The summed E-state index contributed by atoms with van der Waals surface area (Å²) in [6.45, 7) is 6.85. The predicted octanol–water partition coefficient (Wildman–Crippen LogP) is 1.94. The Morgan fingerprint density at radius 1 is 1.39 bits per heavy atom. The monoisotopic (exact) mass is 248 g/mol. The lowest BCUT2D eigenvalue weighted by molar-refractivity contribution is 0.132. The molecular formula is C13H20N4O. The van der Waals surface area contributed by atoms with Crippen molar-refractivity contribution in [3.05, 3.63) is 24.7 Å². The molecule has 2 N–H and O–H groups in total. The van der Waals surface area contributed by atoms with Crippen LogP contribution in [0.15, 0.2) is 24.7 Å². The second-order valence-electron chi connectivity index (χ2n) is 5.74. The Morgan fingerprint density at radius 2 is 2.17 bits per heavy atom. The Morgan fingerprint density at radius 3 is 2.89 bits per heavy atom. The minimum atomic E-state index is -0.380. The highest BCUT2D eigenvalue weighted by atomic mass is 16.3. The van der Waals surface area contributed by atoms with Gasteiger partial charge in [-0.25, -0.2) is 9.50 Å². The summed E-state index contributed by atoms with van der Waals surface area (Å²) in [4.78, 5) is 4.26. The fraction of sp³-hybridized carbons (Fsp3) is 0.538. The minimum absolute atomic E-state index is 0.122. The first-order chi connectivity index (χ1) is 8.46. The van der Waals surface area contributed by atoms with Crippen molar-refractivity contribution in [1.29, 1.82) is 0 Å². The zero-order chi connectivity index (χ0) is 13.2. The number of rotatable bonds is 4. The molecule has 0 aliphatic rings. The average Bonchev–Trinajstić information content (AvgIpc) is 2.72. The number of fused-ring (bicyclic) bond motifs is 1. The molecule has 2 rings (SSSR count). The molecule has 0 saturated heterocycles. The van der Waals surface area contributed by atoms with Gasteiger partial charge in [-0.3, -0.25) is 0 Å². The van der Waals surface area contributed by atoms with E-state index in [0.29, 0.717) is 6.54 Å². The summed E-state index contributed by atoms with van der Waals surface area (Å²) in [6.07, 6.45) is 5.59. The van der Waals surface area contributed by atoms with Crippen molar-refractivity contribution in [2.24, 2.45) is 5.41 Å². The molecule has 0 aliphatic heterocycles. The van der Waals surface area contributed by atoms with Gasteiger partial charge in [-0.05, 0) is 17.9 Å². The summed E-state index contributed by atoms with van der Waals surface area (Å²) < 4.78 is 1.76. The van der Waals surface area contributed by atoms with Gasteiger partial charge in [0.1, 0.15) is 5.52 Å². The highest BCUT2D eigenvalue weighted by Crippen LogP contribution is 2.21. The van der Waals surface area contributed by atoms with Gasteiger partial charge in [-0.15, -0.1) is 0 Å². The molecular weight excluding hydrogens is 228 g/mol. The largest absolute Gasteiger partial charge is 0.391 e. The summed E-state index contributed by atoms with van der Waals surface area (Å²) in [5.41, 5.74) is 1.04. The molecule has 0 aromatic carbocycles. The third-order valence-corrected chi connectivity index (χ3v) is 2.68. The maximum Gasteiger partial charge on any atom is 0.152 e. The van der Waals surface area contributed by atoms with E-state index in [1.54, 1.807) is 23.1 Å². The first-order valence-corrected chi connectivity index (χ1v) is 6.16. The smallest absolute Gasteiger partial charge is 0.152 e. The lowest BCUT2D eigenvalue weighted by Gasteiger charge is -2.22. The molecule has 0 spiro atoms. The van der Waals surface area contributed by atoms with Gasteiger partial charge in [0.25, 0.3) is 0 Å². The van der Waals surface area contributed by atoms with Gasteiger partial charge in [0.2, 0.25) is 0 Å². The first kappa shape index (κ1) is 12.8. The van der Waals surface area contributed by atoms with Crippen LogP contribution in [0.2, 0.25) is 0 Å². The molecule has 0 radical (unpaired) electrons. The minimum Gasteiger partial charge on any atom is -0.391 e. The lowest BCUT2D eigenvalue weighted by atomic mass is 9.89. The molecule has 1 atom stereocenters. The average molecular weight is 248 g/mol. The van der Waals surface area contributed by atoms with Crippen LogP contribution in [0.3, 0.4) is 0 Å². The van der Waals surface area contributed by atoms with Gasteiger partial charge in [-0.2, -0.15) is 5.10 Å². The molecule has 5 nitrogen and oxygen atoms in total. The molecule has 18 heavy (non-hydrogen) atoms. The molecule has 0 bridgehead atoms. The molecule has 0 saturated carbocycles. The summed E-state index contributed by atoms with van der Waals surface area (Å²) in [6, 6.07) is 1.89. The molecule has 0 amide bonds. The molecule has 2 aromatic heterocycles. The van der Waals surface area contributed by atoms with E-state index in [1.165, 1.54) is 0 Å². The summed E-state index contributed by atoms with van der Waals surface area (Å²) in [5.74, 6) is 0.753. The molecule has 98 valence electrons. The van der Waals surface area contributed by atoms with E-state index in [4.69, 9.17) is 0 Å².